The van der Waals surface area contributed by atoms with Crippen LogP contribution in [0.3, 0.4) is 0 Å². The van der Waals surface area contributed by atoms with Crippen molar-refractivity contribution in [3.05, 3.63) is 35.6 Å². The van der Waals surface area contributed by atoms with E-state index in [0.29, 0.717) is 0 Å². The Hall–Kier alpha value is -1.32. The summed E-state index contributed by atoms with van der Waals surface area (Å²) >= 11 is 0. The second-order valence-electron chi connectivity index (χ2n) is 5.14. The number of nitrogens with one attached hydrogen (secondary N) is 1. The quantitative estimate of drug-likeness (QED) is 0.743. The molecule has 0 unspecified atom stereocenters. The fourth-order valence-corrected chi connectivity index (χ4v) is 2.52. The van der Waals surface area contributed by atoms with Gasteiger partial charge in [0.05, 0.1) is 6.54 Å². The molecular formula is C17H26N2O. The lowest BCUT2D eigenvalue weighted by atomic mass is 10.1. The standard InChI is InChI=1S/C17H26N2O/c1-4-11-18-12-17-15(13-19(5-2)6-3)14-9-7-8-10-16(14)20-17/h7-10,18H,4-6,11-13H2,1-3H3. The van der Waals surface area contributed by atoms with E-state index >= 15 is 0 Å². The molecular weight excluding hydrogens is 248 g/mol. The van der Waals surface area contributed by atoms with Crippen LogP contribution in [0.2, 0.25) is 0 Å². The molecule has 0 saturated heterocycles. The zero-order valence-corrected chi connectivity index (χ0v) is 12.9. The van der Waals surface area contributed by atoms with Gasteiger partial charge in [-0.3, -0.25) is 4.90 Å². The second-order valence-corrected chi connectivity index (χ2v) is 5.14. The molecule has 1 heterocycles. The number of furan rings is 1. The van der Waals surface area contributed by atoms with Crippen LogP contribution in [-0.4, -0.2) is 24.5 Å². The van der Waals surface area contributed by atoms with Crippen molar-refractivity contribution in [2.24, 2.45) is 0 Å². The van der Waals surface area contributed by atoms with Crippen LogP contribution in [-0.2, 0) is 13.1 Å². The Kier molecular flexibility index (Phi) is 5.62. The summed E-state index contributed by atoms with van der Waals surface area (Å²) in [4.78, 5) is 2.43. The third-order valence-corrected chi connectivity index (χ3v) is 3.77. The molecule has 1 aromatic heterocycles. The fourth-order valence-electron chi connectivity index (χ4n) is 2.52. The minimum absolute atomic E-state index is 0.819. The van der Waals surface area contributed by atoms with Gasteiger partial charge in [-0.15, -0.1) is 0 Å². The Bertz CT molecular complexity index is 529. The molecule has 0 saturated carbocycles. The Morgan fingerprint density at radius 1 is 1.10 bits per heavy atom. The summed E-state index contributed by atoms with van der Waals surface area (Å²) in [5.41, 5.74) is 2.34. The minimum atomic E-state index is 0.819. The van der Waals surface area contributed by atoms with Crippen molar-refractivity contribution >= 4 is 11.0 Å². The number of hydrogen-bond donors (Lipinski definition) is 1. The molecule has 0 aliphatic heterocycles. The summed E-state index contributed by atoms with van der Waals surface area (Å²) in [5, 5.41) is 4.71. The number of fused-ring (bicyclic) bond motifs is 1. The number of hydrogen-bond acceptors (Lipinski definition) is 3. The zero-order valence-electron chi connectivity index (χ0n) is 12.9. The first-order valence-corrected chi connectivity index (χ1v) is 7.72. The molecule has 0 spiro atoms. The average molecular weight is 274 g/mol. The van der Waals surface area contributed by atoms with E-state index in [2.05, 4.69) is 49.2 Å². The first-order valence-electron chi connectivity index (χ1n) is 7.72. The third-order valence-electron chi connectivity index (χ3n) is 3.77. The van der Waals surface area contributed by atoms with E-state index in [4.69, 9.17) is 4.42 Å². The third kappa shape index (κ3) is 3.41. The van der Waals surface area contributed by atoms with Gasteiger partial charge in [0.1, 0.15) is 11.3 Å². The van der Waals surface area contributed by atoms with E-state index < -0.39 is 0 Å². The van der Waals surface area contributed by atoms with Gasteiger partial charge in [-0.1, -0.05) is 39.0 Å². The van der Waals surface area contributed by atoms with Gasteiger partial charge in [-0.25, -0.2) is 0 Å². The zero-order chi connectivity index (χ0) is 14.4. The van der Waals surface area contributed by atoms with Gasteiger partial charge in [0, 0.05) is 17.5 Å². The van der Waals surface area contributed by atoms with E-state index in [0.717, 1.165) is 50.5 Å². The predicted octanol–water partition coefficient (Wildman–Crippen LogP) is 3.77. The largest absolute Gasteiger partial charge is 0.459 e. The van der Waals surface area contributed by atoms with E-state index in [-0.39, 0.29) is 0 Å². The molecule has 3 heteroatoms. The topological polar surface area (TPSA) is 28.4 Å². The molecule has 0 atom stereocenters. The molecule has 0 fully saturated rings. The Labute approximate surface area is 122 Å². The van der Waals surface area contributed by atoms with Crippen molar-refractivity contribution in [1.82, 2.24) is 10.2 Å². The Morgan fingerprint density at radius 2 is 1.85 bits per heavy atom. The maximum absolute atomic E-state index is 6.05. The van der Waals surface area contributed by atoms with E-state index in [1.54, 1.807) is 0 Å². The SMILES string of the molecule is CCCNCc1oc2ccccc2c1CN(CC)CC. The molecule has 3 nitrogen and oxygen atoms in total. The van der Waals surface area contributed by atoms with Crippen LogP contribution in [0.4, 0.5) is 0 Å². The van der Waals surface area contributed by atoms with Crippen molar-refractivity contribution in [3.8, 4) is 0 Å². The number of benzene rings is 1. The van der Waals surface area contributed by atoms with Crippen molar-refractivity contribution in [2.45, 2.75) is 40.3 Å². The predicted molar refractivity (Wildman–Crippen MR) is 84.8 cm³/mol. The van der Waals surface area contributed by atoms with Gasteiger partial charge in [0.25, 0.3) is 0 Å². The minimum Gasteiger partial charge on any atom is -0.459 e. The van der Waals surface area contributed by atoms with Gasteiger partial charge in [-0.2, -0.15) is 0 Å². The number of nitrogens with zero attached hydrogens (tertiary/aromatic N) is 1. The molecule has 2 aromatic rings. The summed E-state index contributed by atoms with van der Waals surface area (Å²) in [7, 11) is 0. The van der Waals surface area contributed by atoms with Crippen LogP contribution in [0.1, 0.15) is 38.5 Å². The highest BCUT2D eigenvalue weighted by atomic mass is 16.3. The Balaban J connectivity index is 2.28. The number of para-hydroxylation sites is 1. The molecule has 110 valence electrons. The summed E-state index contributed by atoms with van der Waals surface area (Å²) < 4.78 is 6.05. The monoisotopic (exact) mass is 274 g/mol. The van der Waals surface area contributed by atoms with Gasteiger partial charge >= 0.3 is 0 Å². The fraction of sp³-hybridized carbons (Fsp3) is 0.529. The van der Waals surface area contributed by atoms with E-state index in [1.807, 2.05) is 6.07 Å². The first kappa shape index (κ1) is 15.1. The summed E-state index contributed by atoms with van der Waals surface area (Å²) in [6.45, 7) is 11.5. The average Bonchev–Trinajstić information content (AvgIpc) is 2.83. The normalized spacial score (nSPS) is 11.6. The van der Waals surface area contributed by atoms with E-state index in [1.165, 1.54) is 10.9 Å². The highest BCUT2D eigenvalue weighted by Gasteiger charge is 2.15. The molecule has 1 N–H and O–H groups in total. The highest BCUT2D eigenvalue weighted by molar-refractivity contribution is 5.82. The smallest absolute Gasteiger partial charge is 0.134 e. The van der Waals surface area contributed by atoms with Gasteiger partial charge in [-0.05, 0) is 32.1 Å². The second kappa shape index (κ2) is 7.46. The molecule has 0 radical (unpaired) electrons. The lowest BCUT2D eigenvalue weighted by molar-refractivity contribution is 0.293. The lowest BCUT2D eigenvalue weighted by Crippen LogP contribution is -2.23. The van der Waals surface area contributed by atoms with Crippen molar-refractivity contribution in [2.75, 3.05) is 19.6 Å². The molecule has 0 aliphatic carbocycles. The van der Waals surface area contributed by atoms with Crippen LogP contribution < -0.4 is 5.32 Å². The van der Waals surface area contributed by atoms with Crippen LogP contribution in [0.25, 0.3) is 11.0 Å². The molecule has 1 aromatic carbocycles. The van der Waals surface area contributed by atoms with E-state index in [9.17, 15) is 0 Å². The summed E-state index contributed by atoms with van der Waals surface area (Å²) in [6, 6.07) is 8.36. The highest BCUT2D eigenvalue weighted by Crippen LogP contribution is 2.27. The molecule has 2 rings (SSSR count). The van der Waals surface area contributed by atoms with Crippen LogP contribution >= 0.6 is 0 Å². The lowest BCUT2D eigenvalue weighted by Gasteiger charge is -2.18. The van der Waals surface area contributed by atoms with Crippen LogP contribution in [0.15, 0.2) is 28.7 Å². The van der Waals surface area contributed by atoms with Gasteiger partial charge in [0.15, 0.2) is 0 Å². The molecule has 0 amide bonds. The first-order chi connectivity index (χ1) is 9.80. The Morgan fingerprint density at radius 3 is 2.55 bits per heavy atom. The maximum atomic E-state index is 6.05. The summed E-state index contributed by atoms with van der Waals surface area (Å²) in [5.74, 6) is 1.09. The maximum Gasteiger partial charge on any atom is 0.134 e. The van der Waals surface area contributed by atoms with Gasteiger partial charge in [0.2, 0.25) is 0 Å². The van der Waals surface area contributed by atoms with Crippen LogP contribution in [0, 0.1) is 0 Å². The van der Waals surface area contributed by atoms with Crippen molar-refractivity contribution in [1.29, 1.82) is 0 Å². The molecule has 0 aliphatic rings. The molecule has 20 heavy (non-hydrogen) atoms. The number of rotatable bonds is 8. The van der Waals surface area contributed by atoms with Crippen molar-refractivity contribution in [3.63, 3.8) is 0 Å². The van der Waals surface area contributed by atoms with Crippen molar-refractivity contribution < 1.29 is 4.42 Å². The summed E-state index contributed by atoms with van der Waals surface area (Å²) in [6.07, 6.45) is 1.14. The van der Waals surface area contributed by atoms with Crippen LogP contribution in [0.5, 0.6) is 0 Å². The van der Waals surface area contributed by atoms with Gasteiger partial charge < -0.3 is 9.73 Å². The molecule has 0 bridgehead atoms.